The number of carboxylic acids is 1. The third-order valence-electron chi connectivity index (χ3n) is 4.18. The molecule has 5 heteroatoms. The molecule has 2 aromatic carbocycles. The van der Waals surface area contributed by atoms with E-state index < -0.39 is 5.97 Å². The Balaban J connectivity index is 2.19. The molecule has 0 radical (unpaired) electrons. The predicted octanol–water partition coefficient (Wildman–Crippen LogP) is 4.12. The minimum atomic E-state index is -0.994. The Morgan fingerprint density at radius 3 is 2.27 bits per heavy atom. The first-order valence-corrected chi connectivity index (χ1v) is 8.49. The largest absolute Gasteiger partial charge is 0.478 e. The quantitative estimate of drug-likeness (QED) is 0.817. The molecule has 0 spiro atoms. The second kappa shape index (κ2) is 8.15. The Morgan fingerprint density at radius 2 is 1.73 bits per heavy atom. The van der Waals surface area contributed by atoms with Crippen molar-refractivity contribution >= 4 is 17.6 Å². The highest BCUT2D eigenvalue weighted by molar-refractivity contribution is 6.04. The Bertz CT molecular complexity index is 789. The molecule has 138 valence electrons. The number of nitrogens with one attached hydrogen (secondary N) is 1. The van der Waals surface area contributed by atoms with E-state index >= 15 is 0 Å². The van der Waals surface area contributed by atoms with Crippen LogP contribution >= 0.6 is 0 Å². The fourth-order valence-corrected chi connectivity index (χ4v) is 2.62. The van der Waals surface area contributed by atoms with Crippen molar-refractivity contribution in [2.24, 2.45) is 0 Å². The first-order chi connectivity index (χ1) is 12.2. The number of anilines is 1. The minimum Gasteiger partial charge on any atom is -0.478 e. The van der Waals surface area contributed by atoms with Crippen LogP contribution in [0.1, 0.15) is 52.6 Å². The van der Waals surface area contributed by atoms with Crippen molar-refractivity contribution in [2.45, 2.75) is 32.6 Å². The van der Waals surface area contributed by atoms with E-state index in [1.54, 1.807) is 31.4 Å². The molecule has 0 fully saturated rings. The smallest absolute Gasteiger partial charge is 0.335 e. The molecule has 0 aliphatic carbocycles. The second-order valence-corrected chi connectivity index (χ2v) is 7.20. The van der Waals surface area contributed by atoms with Gasteiger partial charge in [0.1, 0.15) is 0 Å². The van der Waals surface area contributed by atoms with E-state index in [0.29, 0.717) is 29.8 Å². The van der Waals surface area contributed by atoms with Crippen LogP contribution in [0.3, 0.4) is 0 Å². The van der Waals surface area contributed by atoms with Gasteiger partial charge in [-0.15, -0.1) is 0 Å². The first-order valence-electron chi connectivity index (χ1n) is 8.49. The zero-order valence-corrected chi connectivity index (χ0v) is 15.6. The SMILES string of the molecule is COCCc1cc(NC(=O)c2ccc(C(C)(C)C)cc2)ccc1C(=O)O. The lowest BCUT2D eigenvalue weighted by atomic mass is 9.87. The van der Waals surface area contributed by atoms with Gasteiger partial charge in [0.15, 0.2) is 0 Å². The number of carbonyl (C=O) groups excluding carboxylic acids is 1. The fourth-order valence-electron chi connectivity index (χ4n) is 2.62. The minimum absolute atomic E-state index is 0.0257. The third kappa shape index (κ3) is 4.92. The Morgan fingerprint density at radius 1 is 1.08 bits per heavy atom. The summed E-state index contributed by atoms with van der Waals surface area (Å²) in [6, 6.07) is 12.3. The zero-order chi connectivity index (χ0) is 19.3. The van der Waals surface area contributed by atoms with Crippen LogP contribution in [-0.4, -0.2) is 30.7 Å². The molecule has 2 N–H and O–H groups in total. The van der Waals surface area contributed by atoms with Crippen molar-refractivity contribution in [3.05, 3.63) is 64.7 Å². The van der Waals surface area contributed by atoms with Gasteiger partial charge >= 0.3 is 5.97 Å². The molecule has 2 aromatic rings. The fraction of sp³-hybridized carbons (Fsp3) is 0.333. The molecule has 5 nitrogen and oxygen atoms in total. The van der Waals surface area contributed by atoms with Crippen molar-refractivity contribution in [3.63, 3.8) is 0 Å². The standard InChI is InChI=1S/C21H25NO4/c1-21(2,3)16-7-5-14(6-8-16)19(23)22-17-9-10-18(20(24)25)15(13-17)11-12-26-4/h5-10,13H,11-12H2,1-4H3,(H,22,23)(H,24,25). The Kier molecular flexibility index (Phi) is 6.16. The van der Waals surface area contributed by atoms with Gasteiger partial charge < -0.3 is 15.2 Å². The molecule has 0 atom stereocenters. The van der Waals surface area contributed by atoms with Crippen LogP contribution in [0.5, 0.6) is 0 Å². The maximum Gasteiger partial charge on any atom is 0.335 e. The molecule has 0 saturated heterocycles. The summed E-state index contributed by atoms with van der Waals surface area (Å²) in [6.45, 7) is 6.76. The third-order valence-corrected chi connectivity index (χ3v) is 4.18. The van der Waals surface area contributed by atoms with Crippen molar-refractivity contribution < 1.29 is 19.4 Å². The lowest BCUT2D eigenvalue weighted by Gasteiger charge is -2.19. The van der Waals surface area contributed by atoms with E-state index in [1.165, 1.54) is 6.07 Å². The molecule has 0 unspecified atom stereocenters. The van der Waals surface area contributed by atoms with Gasteiger partial charge in [0.2, 0.25) is 0 Å². The first kappa shape index (κ1) is 19.7. The van der Waals surface area contributed by atoms with E-state index in [4.69, 9.17) is 4.74 Å². The van der Waals surface area contributed by atoms with Gasteiger partial charge in [0.05, 0.1) is 12.2 Å². The van der Waals surface area contributed by atoms with Crippen LogP contribution in [0.2, 0.25) is 0 Å². The molecule has 0 saturated carbocycles. The topological polar surface area (TPSA) is 75.6 Å². The average molecular weight is 355 g/mol. The van der Waals surface area contributed by atoms with Crippen LogP contribution in [0, 0.1) is 0 Å². The number of carbonyl (C=O) groups is 2. The maximum absolute atomic E-state index is 12.5. The van der Waals surface area contributed by atoms with Gasteiger partial charge in [-0.2, -0.15) is 0 Å². The van der Waals surface area contributed by atoms with E-state index in [2.05, 4.69) is 26.1 Å². The molecule has 2 rings (SSSR count). The number of ether oxygens (including phenoxy) is 1. The van der Waals surface area contributed by atoms with E-state index in [1.807, 2.05) is 12.1 Å². The van der Waals surface area contributed by atoms with Crippen molar-refractivity contribution in [1.82, 2.24) is 0 Å². The molecular weight excluding hydrogens is 330 g/mol. The summed E-state index contributed by atoms with van der Waals surface area (Å²) in [7, 11) is 1.56. The summed E-state index contributed by atoms with van der Waals surface area (Å²) in [5.74, 6) is -1.22. The zero-order valence-electron chi connectivity index (χ0n) is 15.6. The van der Waals surface area contributed by atoms with Crippen LogP contribution in [0.25, 0.3) is 0 Å². The molecule has 0 aliphatic rings. The van der Waals surface area contributed by atoms with Crippen molar-refractivity contribution in [3.8, 4) is 0 Å². The molecular formula is C21H25NO4. The van der Waals surface area contributed by atoms with Gasteiger partial charge in [0, 0.05) is 18.4 Å². The number of aromatic carboxylic acids is 1. The Hall–Kier alpha value is -2.66. The highest BCUT2D eigenvalue weighted by atomic mass is 16.5. The summed E-state index contributed by atoms with van der Waals surface area (Å²) in [4.78, 5) is 23.8. The van der Waals surface area contributed by atoms with E-state index in [9.17, 15) is 14.7 Å². The number of carboxylic acid groups (broad SMARTS) is 1. The van der Waals surface area contributed by atoms with Gasteiger partial charge in [-0.1, -0.05) is 32.9 Å². The summed E-state index contributed by atoms with van der Waals surface area (Å²) in [5, 5.41) is 12.1. The van der Waals surface area contributed by atoms with Gasteiger partial charge in [-0.05, 0) is 53.3 Å². The lowest BCUT2D eigenvalue weighted by Crippen LogP contribution is -2.15. The highest BCUT2D eigenvalue weighted by Gasteiger charge is 2.15. The Labute approximate surface area is 154 Å². The normalized spacial score (nSPS) is 11.2. The van der Waals surface area contributed by atoms with Gasteiger partial charge in [-0.3, -0.25) is 4.79 Å². The number of amides is 1. The maximum atomic E-state index is 12.5. The summed E-state index contributed by atoms with van der Waals surface area (Å²) in [6.07, 6.45) is 0.460. The summed E-state index contributed by atoms with van der Waals surface area (Å²) < 4.78 is 5.03. The van der Waals surface area contributed by atoms with Gasteiger partial charge in [-0.25, -0.2) is 4.79 Å². The number of benzene rings is 2. The molecule has 1 amide bonds. The van der Waals surface area contributed by atoms with E-state index in [0.717, 1.165) is 5.56 Å². The monoisotopic (exact) mass is 355 g/mol. The summed E-state index contributed by atoms with van der Waals surface area (Å²) in [5.41, 5.74) is 3.14. The van der Waals surface area contributed by atoms with Crippen molar-refractivity contribution in [2.75, 3.05) is 19.0 Å². The number of hydrogen-bond acceptors (Lipinski definition) is 3. The van der Waals surface area contributed by atoms with Crippen LogP contribution in [0.15, 0.2) is 42.5 Å². The van der Waals surface area contributed by atoms with Gasteiger partial charge in [0.25, 0.3) is 5.91 Å². The highest BCUT2D eigenvalue weighted by Crippen LogP contribution is 2.23. The number of methoxy groups -OCH3 is 1. The van der Waals surface area contributed by atoms with Crippen LogP contribution in [0.4, 0.5) is 5.69 Å². The number of rotatable bonds is 6. The second-order valence-electron chi connectivity index (χ2n) is 7.20. The van der Waals surface area contributed by atoms with Crippen LogP contribution < -0.4 is 5.32 Å². The molecule has 0 bridgehead atoms. The number of hydrogen-bond donors (Lipinski definition) is 2. The molecule has 0 aromatic heterocycles. The molecule has 26 heavy (non-hydrogen) atoms. The van der Waals surface area contributed by atoms with E-state index in [-0.39, 0.29) is 16.9 Å². The predicted molar refractivity (Wildman–Crippen MR) is 102 cm³/mol. The van der Waals surface area contributed by atoms with Crippen LogP contribution in [-0.2, 0) is 16.6 Å². The average Bonchev–Trinajstić information content (AvgIpc) is 2.59. The van der Waals surface area contributed by atoms with Crippen molar-refractivity contribution in [1.29, 1.82) is 0 Å². The molecule has 0 aliphatic heterocycles. The summed E-state index contributed by atoms with van der Waals surface area (Å²) >= 11 is 0. The molecule has 0 heterocycles. The lowest BCUT2D eigenvalue weighted by molar-refractivity contribution is 0.0695.